The molecule has 18 heavy (non-hydrogen) atoms. The van der Waals surface area contributed by atoms with Crippen LogP contribution >= 0.6 is 11.8 Å². The number of benzene rings is 1. The van der Waals surface area contributed by atoms with E-state index in [9.17, 15) is 14.5 Å². The zero-order valence-corrected chi connectivity index (χ0v) is 10.9. The topological polar surface area (TPSA) is 43.1 Å². The summed E-state index contributed by atoms with van der Waals surface area (Å²) in [5.41, 5.74) is 0.376. The molecule has 3 nitrogen and oxygen atoms in total. The van der Waals surface area contributed by atoms with Crippen LogP contribution in [-0.4, -0.2) is 10.7 Å². The molecule has 0 heterocycles. The van der Waals surface area contributed by atoms with E-state index in [-0.39, 0.29) is 0 Å². The lowest BCUT2D eigenvalue weighted by molar-refractivity contribution is -0.387. The van der Waals surface area contributed by atoms with Crippen molar-refractivity contribution in [3.8, 4) is 0 Å². The first-order valence-corrected chi connectivity index (χ1v) is 7.33. The number of halogens is 1. The lowest BCUT2D eigenvalue weighted by Gasteiger charge is -2.08. The fourth-order valence-corrected chi connectivity index (χ4v) is 3.51. The summed E-state index contributed by atoms with van der Waals surface area (Å²) in [6.45, 7) is 0. The minimum Gasteiger partial charge on any atom is -0.258 e. The minimum absolute atomic E-state index is 0.445. The van der Waals surface area contributed by atoms with E-state index in [2.05, 4.69) is 0 Å². The Morgan fingerprint density at radius 2 is 2.11 bits per heavy atom. The standard InChI is InChI=1S/C13H16FNO2S/c14-12-7-11(5-6-13(12)15(16)17)9-18-8-10-3-1-2-4-10/h5-7,10H,1-4,8-9H2. The van der Waals surface area contributed by atoms with E-state index in [1.54, 1.807) is 17.8 Å². The van der Waals surface area contributed by atoms with Crippen LogP contribution in [0.15, 0.2) is 18.2 Å². The van der Waals surface area contributed by atoms with Gasteiger partial charge in [-0.25, -0.2) is 0 Å². The average Bonchev–Trinajstić information content (AvgIpc) is 2.81. The molecule has 0 aliphatic heterocycles. The predicted octanol–water partition coefficient (Wildman–Crippen LogP) is 4.16. The Morgan fingerprint density at radius 3 is 2.72 bits per heavy atom. The molecule has 0 radical (unpaired) electrons. The van der Waals surface area contributed by atoms with Crippen molar-refractivity contribution in [1.29, 1.82) is 0 Å². The first kappa shape index (κ1) is 13.3. The van der Waals surface area contributed by atoms with Crippen molar-refractivity contribution >= 4 is 17.4 Å². The van der Waals surface area contributed by atoms with Gasteiger partial charge in [-0.3, -0.25) is 10.1 Å². The van der Waals surface area contributed by atoms with Gasteiger partial charge in [0, 0.05) is 11.8 Å². The summed E-state index contributed by atoms with van der Waals surface area (Å²) in [5, 5.41) is 10.5. The van der Waals surface area contributed by atoms with Crippen LogP contribution in [0.4, 0.5) is 10.1 Å². The smallest absolute Gasteiger partial charge is 0.258 e. The van der Waals surface area contributed by atoms with E-state index < -0.39 is 16.4 Å². The second-order valence-electron chi connectivity index (χ2n) is 4.71. The van der Waals surface area contributed by atoms with Crippen LogP contribution in [0, 0.1) is 21.8 Å². The summed E-state index contributed by atoms with van der Waals surface area (Å²) >= 11 is 1.79. The quantitative estimate of drug-likeness (QED) is 0.595. The highest BCUT2D eigenvalue weighted by Gasteiger charge is 2.16. The van der Waals surface area contributed by atoms with Crippen molar-refractivity contribution in [2.24, 2.45) is 5.92 Å². The van der Waals surface area contributed by atoms with Gasteiger partial charge >= 0.3 is 5.69 Å². The maximum Gasteiger partial charge on any atom is 0.304 e. The van der Waals surface area contributed by atoms with Crippen LogP contribution in [0.25, 0.3) is 0 Å². The van der Waals surface area contributed by atoms with E-state index in [1.807, 2.05) is 0 Å². The Kier molecular flexibility index (Phi) is 4.58. The van der Waals surface area contributed by atoms with Crippen LogP contribution in [-0.2, 0) is 5.75 Å². The number of nitro groups is 1. The third kappa shape index (κ3) is 3.45. The maximum absolute atomic E-state index is 13.4. The second kappa shape index (κ2) is 6.18. The van der Waals surface area contributed by atoms with Crippen LogP contribution < -0.4 is 0 Å². The molecular weight excluding hydrogens is 253 g/mol. The van der Waals surface area contributed by atoms with Gasteiger partial charge in [-0.05, 0) is 36.1 Å². The lowest BCUT2D eigenvalue weighted by Crippen LogP contribution is -1.98. The normalized spacial score (nSPS) is 16.1. The Balaban J connectivity index is 1.85. The molecule has 0 atom stereocenters. The molecule has 0 aromatic heterocycles. The molecule has 0 N–H and O–H groups in total. The third-order valence-corrected chi connectivity index (χ3v) is 4.55. The van der Waals surface area contributed by atoms with Crippen molar-refractivity contribution in [3.05, 3.63) is 39.7 Å². The number of rotatable bonds is 5. The summed E-state index contributed by atoms with van der Waals surface area (Å²) < 4.78 is 13.4. The average molecular weight is 269 g/mol. The Bertz CT molecular complexity index is 433. The molecule has 1 aromatic carbocycles. The molecule has 1 saturated carbocycles. The molecule has 5 heteroatoms. The SMILES string of the molecule is O=[N+]([O-])c1ccc(CSCC2CCCC2)cc1F. The monoisotopic (exact) mass is 269 g/mol. The molecule has 0 bridgehead atoms. The molecule has 0 spiro atoms. The van der Waals surface area contributed by atoms with Gasteiger partial charge in [0.2, 0.25) is 5.82 Å². The van der Waals surface area contributed by atoms with E-state index in [0.29, 0.717) is 0 Å². The zero-order valence-electron chi connectivity index (χ0n) is 10.1. The lowest BCUT2D eigenvalue weighted by atomic mass is 10.1. The molecule has 0 amide bonds. The predicted molar refractivity (Wildman–Crippen MR) is 71.2 cm³/mol. The van der Waals surface area contributed by atoms with Crippen LogP contribution in [0.1, 0.15) is 31.2 Å². The van der Waals surface area contributed by atoms with Gasteiger partial charge in [-0.2, -0.15) is 16.2 Å². The highest BCUT2D eigenvalue weighted by Crippen LogP contribution is 2.29. The van der Waals surface area contributed by atoms with Crippen molar-refractivity contribution < 1.29 is 9.31 Å². The number of hydrogen-bond donors (Lipinski definition) is 0. The van der Waals surface area contributed by atoms with E-state index in [1.165, 1.54) is 37.8 Å². The summed E-state index contributed by atoms with van der Waals surface area (Å²) in [4.78, 5) is 9.79. The molecule has 1 aliphatic rings. The van der Waals surface area contributed by atoms with Crippen LogP contribution in [0.5, 0.6) is 0 Å². The van der Waals surface area contributed by atoms with Gasteiger partial charge in [-0.1, -0.05) is 18.9 Å². The van der Waals surface area contributed by atoms with Gasteiger partial charge in [0.1, 0.15) is 0 Å². The van der Waals surface area contributed by atoms with Crippen molar-refractivity contribution in [2.45, 2.75) is 31.4 Å². The van der Waals surface area contributed by atoms with Crippen molar-refractivity contribution in [1.82, 2.24) is 0 Å². The summed E-state index contributed by atoms with van der Waals surface area (Å²) in [5.74, 6) is 1.90. The molecule has 1 fully saturated rings. The Hall–Kier alpha value is -1.10. The fraction of sp³-hybridized carbons (Fsp3) is 0.538. The largest absolute Gasteiger partial charge is 0.304 e. The van der Waals surface area contributed by atoms with Crippen LogP contribution in [0.3, 0.4) is 0 Å². The van der Waals surface area contributed by atoms with Crippen LogP contribution in [0.2, 0.25) is 0 Å². The molecule has 1 aromatic rings. The van der Waals surface area contributed by atoms with Gasteiger partial charge in [-0.15, -0.1) is 0 Å². The zero-order chi connectivity index (χ0) is 13.0. The maximum atomic E-state index is 13.4. The number of hydrogen-bond acceptors (Lipinski definition) is 3. The molecule has 98 valence electrons. The highest BCUT2D eigenvalue weighted by molar-refractivity contribution is 7.98. The minimum atomic E-state index is -0.737. The molecule has 2 rings (SSSR count). The van der Waals surface area contributed by atoms with Gasteiger partial charge in [0.25, 0.3) is 0 Å². The number of nitrogens with zero attached hydrogens (tertiary/aromatic N) is 1. The second-order valence-corrected chi connectivity index (χ2v) is 5.74. The number of nitro benzene ring substituents is 1. The van der Waals surface area contributed by atoms with Crippen molar-refractivity contribution in [3.63, 3.8) is 0 Å². The fourth-order valence-electron chi connectivity index (χ4n) is 2.31. The Labute approximate surface area is 110 Å². The molecule has 1 aliphatic carbocycles. The summed E-state index contributed by atoms with van der Waals surface area (Å²) in [6.07, 6.45) is 5.28. The van der Waals surface area contributed by atoms with Crippen molar-refractivity contribution in [2.75, 3.05) is 5.75 Å². The van der Waals surface area contributed by atoms with E-state index in [0.717, 1.165) is 23.0 Å². The van der Waals surface area contributed by atoms with E-state index in [4.69, 9.17) is 0 Å². The summed E-state index contributed by atoms with van der Waals surface area (Å²) in [6, 6.07) is 4.17. The van der Waals surface area contributed by atoms with Gasteiger partial charge in [0.05, 0.1) is 4.92 Å². The summed E-state index contributed by atoms with van der Waals surface area (Å²) in [7, 11) is 0. The van der Waals surface area contributed by atoms with E-state index >= 15 is 0 Å². The molecular formula is C13H16FNO2S. The Morgan fingerprint density at radius 1 is 1.39 bits per heavy atom. The highest BCUT2D eigenvalue weighted by atomic mass is 32.2. The third-order valence-electron chi connectivity index (χ3n) is 3.31. The number of thioether (sulfide) groups is 1. The molecule has 0 unspecified atom stereocenters. The van der Waals surface area contributed by atoms with Gasteiger partial charge < -0.3 is 0 Å². The first-order chi connectivity index (χ1) is 8.66. The molecule has 0 saturated heterocycles. The van der Waals surface area contributed by atoms with Gasteiger partial charge in [0.15, 0.2) is 0 Å². The first-order valence-electron chi connectivity index (χ1n) is 6.17.